The third-order valence-electron chi connectivity index (χ3n) is 11.2. The van der Waals surface area contributed by atoms with Gasteiger partial charge in [-0.15, -0.1) is 0 Å². The molecule has 0 radical (unpaired) electrons. The number of ether oxygens (including phenoxy) is 3. The second-order valence-electron chi connectivity index (χ2n) is 14.6. The van der Waals surface area contributed by atoms with Crippen LogP contribution in [0.1, 0.15) is 73.3 Å². The Morgan fingerprint density at radius 1 is 0.864 bits per heavy atom. The van der Waals surface area contributed by atoms with Crippen LogP contribution in [0.5, 0.6) is 23.1 Å². The van der Waals surface area contributed by atoms with Crippen molar-refractivity contribution in [2.45, 2.75) is 53.1 Å². The number of imidazole rings is 1. The molecule has 2 aliphatic heterocycles. The van der Waals surface area contributed by atoms with Gasteiger partial charge in [-0.3, -0.25) is 9.38 Å². The summed E-state index contributed by atoms with van der Waals surface area (Å²) in [7, 11) is 0. The van der Waals surface area contributed by atoms with Gasteiger partial charge >= 0.3 is 5.97 Å². The number of hydrogen-bond acceptors (Lipinski definition) is 10. The number of esters is 1. The van der Waals surface area contributed by atoms with Crippen molar-refractivity contribution in [3.8, 4) is 34.4 Å². The summed E-state index contributed by atoms with van der Waals surface area (Å²) in [6, 6.07) is 25.7. The standard InChI is InChI=1S/C46H49N7O5S/c1-6-51(7-2)32-15-20-36-40(25-32)57-41-26-33(52(8-3)9-4)16-21-37(41)46(36)38-24-31(14-19-35(38)44(55)58-46)50-45(59)47-22-10-11-23-56-34-17-12-30(13-18-34)39-28-53-42(27-48-39)49-29(5)43(53)54/h12-21,24-28,54H,6-11,22-23H2,1-5H3,(H2,47,50,59). The van der Waals surface area contributed by atoms with Crippen LogP contribution >= 0.6 is 12.2 Å². The van der Waals surface area contributed by atoms with Crippen molar-refractivity contribution in [3.63, 3.8) is 0 Å². The molecule has 0 unspecified atom stereocenters. The lowest BCUT2D eigenvalue weighted by Crippen LogP contribution is -2.34. The van der Waals surface area contributed by atoms with E-state index in [1.165, 1.54) is 0 Å². The third kappa shape index (κ3) is 7.35. The molecular weight excluding hydrogens is 763 g/mol. The van der Waals surface area contributed by atoms with Gasteiger partial charge in [-0.25, -0.2) is 9.78 Å². The van der Waals surface area contributed by atoms with Crippen molar-refractivity contribution in [2.75, 3.05) is 54.4 Å². The molecule has 0 atom stereocenters. The molecule has 13 heteroatoms. The molecule has 0 fully saturated rings. The summed E-state index contributed by atoms with van der Waals surface area (Å²) in [6.07, 6.45) is 5.09. The van der Waals surface area contributed by atoms with E-state index in [0.717, 1.165) is 89.8 Å². The Kier molecular flexibility index (Phi) is 11.0. The van der Waals surface area contributed by atoms with Crippen molar-refractivity contribution in [2.24, 2.45) is 0 Å². The van der Waals surface area contributed by atoms with Gasteiger partial charge in [0.25, 0.3) is 0 Å². The molecule has 0 saturated carbocycles. The maximum absolute atomic E-state index is 13.7. The maximum Gasteiger partial charge on any atom is 0.340 e. The zero-order valence-electron chi connectivity index (χ0n) is 34.0. The van der Waals surface area contributed by atoms with Crippen LogP contribution < -0.4 is 29.9 Å². The first-order valence-corrected chi connectivity index (χ1v) is 20.7. The second-order valence-corrected chi connectivity index (χ2v) is 15.0. The average Bonchev–Trinajstić information content (AvgIpc) is 3.70. The number of benzene rings is 4. The Bertz CT molecular complexity index is 2470. The van der Waals surface area contributed by atoms with Gasteiger partial charge in [0.1, 0.15) is 22.9 Å². The first-order chi connectivity index (χ1) is 28.7. The van der Waals surface area contributed by atoms with Gasteiger partial charge in [0.2, 0.25) is 5.88 Å². The minimum absolute atomic E-state index is 0.112. The highest BCUT2D eigenvalue weighted by Gasteiger charge is 2.54. The predicted octanol–water partition coefficient (Wildman–Crippen LogP) is 8.82. The number of fused-ring (bicyclic) bond motifs is 7. The summed E-state index contributed by atoms with van der Waals surface area (Å²) in [5, 5.41) is 17.4. The maximum atomic E-state index is 13.7. The highest BCUT2D eigenvalue weighted by Crippen LogP contribution is 2.57. The van der Waals surface area contributed by atoms with Crippen LogP contribution in [-0.2, 0) is 10.3 Å². The van der Waals surface area contributed by atoms with E-state index in [1.54, 1.807) is 23.7 Å². The normalized spacial score (nSPS) is 13.3. The van der Waals surface area contributed by atoms with Crippen LogP contribution in [0.3, 0.4) is 0 Å². The Morgan fingerprint density at radius 3 is 2.17 bits per heavy atom. The van der Waals surface area contributed by atoms with Gasteiger partial charge in [0.15, 0.2) is 16.4 Å². The van der Waals surface area contributed by atoms with E-state index in [4.69, 9.17) is 26.4 Å². The molecule has 0 saturated heterocycles. The van der Waals surface area contributed by atoms with Crippen LogP contribution in [-0.4, -0.2) is 69.9 Å². The number of aromatic hydroxyl groups is 1. The minimum atomic E-state index is -1.21. The lowest BCUT2D eigenvalue weighted by atomic mass is 9.77. The number of carbonyl (C=O) groups excluding carboxylic acids is 1. The molecule has 1 spiro atoms. The van der Waals surface area contributed by atoms with Gasteiger partial charge in [-0.2, -0.15) is 0 Å². The summed E-state index contributed by atoms with van der Waals surface area (Å²) in [4.78, 5) is 27.0. The highest BCUT2D eigenvalue weighted by atomic mass is 32.1. The minimum Gasteiger partial charge on any atom is -0.494 e. The van der Waals surface area contributed by atoms with Gasteiger partial charge < -0.3 is 39.8 Å². The summed E-state index contributed by atoms with van der Waals surface area (Å²) < 4.78 is 20.8. The number of thiocarbonyl (C=S) groups is 1. The average molecular weight is 812 g/mol. The zero-order chi connectivity index (χ0) is 41.3. The Balaban J connectivity index is 0.930. The van der Waals surface area contributed by atoms with Crippen molar-refractivity contribution >= 4 is 46.0 Å². The molecule has 4 aromatic carbocycles. The molecule has 12 nitrogen and oxygen atoms in total. The van der Waals surface area contributed by atoms with Crippen LogP contribution in [0.2, 0.25) is 0 Å². The molecule has 0 amide bonds. The number of hydrogen-bond donors (Lipinski definition) is 3. The van der Waals surface area contributed by atoms with Gasteiger partial charge in [0, 0.05) is 90.4 Å². The first kappa shape index (κ1) is 39.5. The van der Waals surface area contributed by atoms with E-state index >= 15 is 0 Å². The largest absolute Gasteiger partial charge is 0.494 e. The van der Waals surface area contributed by atoms with Crippen molar-refractivity contribution in [1.82, 2.24) is 19.7 Å². The predicted molar refractivity (Wildman–Crippen MR) is 236 cm³/mol. The van der Waals surface area contributed by atoms with Gasteiger partial charge in [0.05, 0.1) is 24.1 Å². The van der Waals surface area contributed by atoms with Crippen molar-refractivity contribution < 1.29 is 24.1 Å². The number of aromatic nitrogens is 3. The van der Waals surface area contributed by atoms with Crippen molar-refractivity contribution in [1.29, 1.82) is 0 Å². The van der Waals surface area contributed by atoms with E-state index in [1.807, 2.05) is 54.6 Å². The fourth-order valence-corrected chi connectivity index (χ4v) is 8.29. The fraction of sp³-hybridized carbons (Fsp3) is 0.304. The van der Waals surface area contributed by atoms with Crippen LogP contribution in [0.15, 0.2) is 91.3 Å². The summed E-state index contributed by atoms with van der Waals surface area (Å²) in [5.41, 5.74) is 7.21. The number of aryl methyl sites for hydroxylation is 1. The number of carbonyl (C=O) groups is 1. The monoisotopic (exact) mass is 811 g/mol. The summed E-state index contributed by atoms with van der Waals surface area (Å²) in [5.74, 6) is 1.82. The fourth-order valence-electron chi connectivity index (χ4n) is 8.07. The number of nitrogens with zero attached hydrogens (tertiary/aromatic N) is 5. The Hall–Kier alpha value is -6.34. The third-order valence-corrected chi connectivity index (χ3v) is 11.5. The number of nitrogens with one attached hydrogen (secondary N) is 2. The van der Waals surface area contributed by atoms with Crippen LogP contribution in [0, 0.1) is 6.92 Å². The SMILES string of the molecule is CCN(CC)c1ccc2c(c1)Oc1cc(N(CC)CC)ccc1C21OC(=O)c2ccc(NC(=S)NCCCCOc3ccc(-c4cn5c(O)c(C)nc5cn4)cc3)cc21. The van der Waals surface area contributed by atoms with E-state index in [0.29, 0.717) is 46.7 Å². The molecule has 6 aromatic rings. The van der Waals surface area contributed by atoms with E-state index in [9.17, 15) is 9.90 Å². The van der Waals surface area contributed by atoms with Crippen molar-refractivity contribution in [3.05, 3.63) is 119 Å². The van der Waals surface area contributed by atoms with Gasteiger partial charge in [-0.1, -0.05) is 0 Å². The lowest BCUT2D eigenvalue weighted by molar-refractivity contribution is 0.0224. The zero-order valence-corrected chi connectivity index (χ0v) is 34.9. The summed E-state index contributed by atoms with van der Waals surface area (Å²) >= 11 is 5.72. The molecule has 3 N–H and O–H groups in total. The Labute approximate surface area is 349 Å². The quantitative estimate of drug-likeness (QED) is 0.0553. The molecule has 59 heavy (non-hydrogen) atoms. The van der Waals surface area contributed by atoms with Gasteiger partial charge in [-0.05, 0) is 126 Å². The molecule has 0 aliphatic carbocycles. The second kappa shape index (κ2) is 16.5. The molecule has 8 rings (SSSR count). The number of unbranched alkanes of at least 4 members (excludes halogenated alkanes) is 1. The van der Waals surface area contributed by atoms with E-state index < -0.39 is 5.60 Å². The van der Waals surface area contributed by atoms with E-state index in [2.05, 4.69) is 82.4 Å². The van der Waals surface area contributed by atoms with E-state index in [-0.39, 0.29) is 11.8 Å². The number of rotatable bonds is 14. The summed E-state index contributed by atoms with van der Waals surface area (Å²) in [6.45, 7) is 14.9. The molecule has 304 valence electrons. The smallest absolute Gasteiger partial charge is 0.340 e. The molecule has 2 aromatic heterocycles. The molecular formula is C46H49N7O5S. The first-order valence-electron chi connectivity index (χ1n) is 20.3. The Morgan fingerprint density at radius 2 is 1.53 bits per heavy atom. The van der Waals surface area contributed by atoms with Crippen LogP contribution in [0.25, 0.3) is 16.9 Å². The molecule has 0 bridgehead atoms. The molecule has 2 aliphatic rings. The number of anilines is 3. The topological polar surface area (TPSA) is 126 Å². The van der Waals surface area contributed by atoms with Crippen LogP contribution in [0.4, 0.5) is 17.1 Å². The molecule has 4 heterocycles. The lowest BCUT2D eigenvalue weighted by Gasteiger charge is -2.38. The highest BCUT2D eigenvalue weighted by molar-refractivity contribution is 7.80.